The van der Waals surface area contributed by atoms with E-state index in [1.54, 1.807) is 0 Å². The van der Waals surface area contributed by atoms with Crippen molar-refractivity contribution in [2.75, 3.05) is 0 Å². The van der Waals surface area contributed by atoms with Crippen LogP contribution in [0.15, 0.2) is 23.8 Å². The molecule has 0 bridgehead atoms. The Morgan fingerprint density at radius 3 is 2.62 bits per heavy atom. The highest BCUT2D eigenvalue weighted by Crippen LogP contribution is 2.30. The summed E-state index contributed by atoms with van der Waals surface area (Å²) in [5.74, 6) is 0.354. The second-order valence-electron chi connectivity index (χ2n) is 5.76. The second-order valence-corrected chi connectivity index (χ2v) is 5.76. The Balaban J connectivity index is 2.63. The zero-order valence-corrected chi connectivity index (χ0v) is 10.8. The van der Waals surface area contributed by atoms with E-state index in [9.17, 15) is 4.79 Å². The molecule has 16 heavy (non-hydrogen) atoms. The lowest BCUT2D eigenvalue weighted by Crippen LogP contribution is -2.18. The van der Waals surface area contributed by atoms with Gasteiger partial charge in [-0.1, -0.05) is 44.6 Å². The van der Waals surface area contributed by atoms with Crippen LogP contribution in [0.2, 0.25) is 0 Å². The summed E-state index contributed by atoms with van der Waals surface area (Å²) in [6.45, 7) is 6.59. The van der Waals surface area contributed by atoms with Crippen LogP contribution in [0.1, 0.15) is 52.9 Å². The third kappa shape index (κ3) is 4.34. The van der Waals surface area contributed by atoms with E-state index < -0.39 is 0 Å². The summed E-state index contributed by atoms with van der Waals surface area (Å²) in [6, 6.07) is 0. The molecule has 0 aliphatic heterocycles. The molecule has 0 N–H and O–H groups in total. The third-order valence-electron chi connectivity index (χ3n) is 3.33. The van der Waals surface area contributed by atoms with Crippen molar-refractivity contribution in [3.63, 3.8) is 0 Å². The van der Waals surface area contributed by atoms with Crippen LogP contribution < -0.4 is 0 Å². The molecule has 0 heterocycles. The zero-order valence-electron chi connectivity index (χ0n) is 10.8. The van der Waals surface area contributed by atoms with Crippen molar-refractivity contribution in [3.8, 4) is 0 Å². The van der Waals surface area contributed by atoms with E-state index in [0.29, 0.717) is 12.3 Å². The summed E-state index contributed by atoms with van der Waals surface area (Å²) in [5.41, 5.74) is 1.62. The Hall–Kier alpha value is -0.850. The monoisotopic (exact) mass is 220 g/mol. The lowest BCUT2D eigenvalue weighted by molar-refractivity contribution is -0.108. The van der Waals surface area contributed by atoms with E-state index in [1.807, 2.05) is 0 Å². The average molecular weight is 220 g/mol. The first-order valence-electron chi connectivity index (χ1n) is 6.35. The molecule has 1 heteroatoms. The van der Waals surface area contributed by atoms with Gasteiger partial charge in [-0.3, -0.25) is 0 Å². The fourth-order valence-electron chi connectivity index (χ4n) is 2.08. The molecular weight excluding hydrogens is 196 g/mol. The third-order valence-corrected chi connectivity index (χ3v) is 3.33. The molecule has 0 spiro atoms. The van der Waals surface area contributed by atoms with Crippen molar-refractivity contribution < 1.29 is 4.79 Å². The normalized spacial score (nSPS) is 19.6. The van der Waals surface area contributed by atoms with Crippen LogP contribution in [0.3, 0.4) is 0 Å². The van der Waals surface area contributed by atoms with Gasteiger partial charge in [0.05, 0.1) is 0 Å². The molecule has 1 unspecified atom stereocenters. The second kappa shape index (κ2) is 6.03. The lowest BCUT2D eigenvalue weighted by atomic mass is 9.78. The molecule has 1 nitrogen and oxygen atoms in total. The van der Waals surface area contributed by atoms with E-state index >= 15 is 0 Å². The molecule has 0 amide bonds. The Labute approximate surface area is 99.6 Å². The number of allylic oxidation sites excluding steroid dienone is 4. The van der Waals surface area contributed by atoms with Crippen LogP contribution in [-0.4, -0.2) is 6.29 Å². The highest BCUT2D eigenvalue weighted by molar-refractivity contribution is 5.50. The molecule has 1 rings (SSSR count). The van der Waals surface area contributed by atoms with Gasteiger partial charge in [0.15, 0.2) is 0 Å². The Morgan fingerprint density at radius 1 is 1.38 bits per heavy atom. The van der Waals surface area contributed by atoms with E-state index in [0.717, 1.165) is 6.29 Å². The fourth-order valence-corrected chi connectivity index (χ4v) is 2.08. The summed E-state index contributed by atoms with van der Waals surface area (Å²) in [7, 11) is 0. The minimum atomic E-state index is 0.173. The van der Waals surface area contributed by atoms with E-state index in [2.05, 4.69) is 39.0 Å². The van der Waals surface area contributed by atoms with Crippen molar-refractivity contribution in [3.05, 3.63) is 23.8 Å². The van der Waals surface area contributed by atoms with Gasteiger partial charge in [0.25, 0.3) is 0 Å². The summed E-state index contributed by atoms with van der Waals surface area (Å²) in [4.78, 5) is 10.7. The molecule has 1 aliphatic rings. The largest absolute Gasteiger partial charge is 0.303 e. The van der Waals surface area contributed by atoms with Gasteiger partial charge in [-0.2, -0.15) is 0 Å². The fraction of sp³-hybridized carbons (Fsp3) is 0.667. The van der Waals surface area contributed by atoms with E-state index in [-0.39, 0.29) is 5.41 Å². The number of hydrogen-bond acceptors (Lipinski definition) is 1. The smallest absolute Gasteiger partial charge is 0.120 e. The van der Waals surface area contributed by atoms with E-state index in [1.165, 1.54) is 31.3 Å². The van der Waals surface area contributed by atoms with Crippen LogP contribution in [0.4, 0.5) is 0 Å². The van der Waals surface area contributed by atoms with Crippen molar-refractivity contribution in [1.29, 1.82) is 0 Å². The Kier molecular flexibility index (Phi) is 4.98. The minimum Gasteiger partial charge on any atom is -0.303 e. The minimum absolute atomic E-state index is 0.173. The molecular formula is C15H24O. The molecule has 0 aromatic heterocycles. The van der Waals surface area contributed by atoms with Gasteiger partial charge in [-0.25, -0.2) is 0 Å². The number of rotatable bonds is 4. The average Bonchev–Trinajstić information content (AvgIpc) is 2.24. The molecule has 0 radical (unpaired) electrons. The highest BCUT2D eigenvalue weighted by atomic mass is 16.1. The highest BCUT2D eigenvalue weighted by Gasteiger charge is 2.21. The summed E-state index contributed by atoms with van der Waals surface area (Å²) in [5, 5.41) is 0. The van der Waals surface area contributed by atoms with Crippen molar-refractivity contribution in [2.45, 2.75) is 52.9 Å². The SMILES string of the molecule is CC(C)(C)C(/C=C/C1=CCCCC1)CC=O. The van der Waals surface area contributed by atoms with Crippen molar-refractivity contribution in [1.82, 2.24) is 0 Å². The van der Waals surface area contributed by atoms with E-state index in [4.69, 9.17) is 0 Å². The maximum atomic E-state index is 10.7. The van der Waals surface area contributed by atoms with Gasteiger partial charge in [0.1, 0.15) is 6.29 Å². The van der Waals surface area contributed by atoms with Gasteiger partial charge in [-0.05, 0) is 37.0 Å². The quantitative estimate of drug-likeness (QED) is 0.646. The van der Waals surface area contributed by atoms with Crippen LogP contribution in [0, 0.1) is 11.3 Å². The first-order chi connectivity index (χ1) is 7.54. The molecule has 0 fully saturated rings. The number of carbonyl (C=O) groups is 1. The number of hydrogen-bond donors (Lipinski definition) is 0. The predicted molar refractivity (Wildman–Crippen MR) is 69.3 cm³/mol. The zero-order chi connectivity index (χ0) is 12.0. The molecule has 1 atom stereocenters. The predicted octanol–water partition coefficient (Wildman–Crippen LogP) is 4.29. The Morgan fingerprint density at radius 2 is 2.12 bits per heavy atom. The summed E-state index contributed by atoms with van der Waals surface area (Å²) < 4.78 is 0. The maximum absolute atomic E-state index is 10.7. The molecule has 90 valence electrons. The molecule has 0 saturated heterocycles. The van der Waals surface area contributed by atoms with Gasteiger partial charge < -0.3 is 4.79 Å². The molecule has 1 aliphatic carbocycles. The molecule has 0 aromatic carbocycles. The van der Waals surface area contributed by atoms with Crippen molar-refractivity contribution >= 4 is 6.29 Å². The standard InChI is InChI=1S/C15H24O/c1-15(2,3)14(11-12-16)10-9-13-7-5-4-6-8-13/h7,9-10,12,14H,4-6,8,11H2,1-3H3/b10-9+. The number of carbonyl (C=O) groups excluding carboxylic acids is 1. The van der Waals surface area contributed by atoms with Gasteiger partial charge in [-0.15, -0.1) is 0 Å². The van der Waals surface area contributed by atoms with Crippen LogP contribution in [-0.2, 0) is 4.79 Å². The summed E-state index contributed by atoms with van der Waals surface area (Å²) >= 11 is 0. The van der Waals surface area contributed by atoms with Crippen molar-refractivity contribution in [2.24, 2.45) is 11.3 Å². The van der Waals surface area contributed by atoms with Crippen LogP contribution in [0.5, 0.6) is 0 Å². The van der Waals surface area contributed by atoms with Gasteiger partial charge in [0.2, 0.25) is 0 Å². The van der Waals surface area contributed by atoms with Crippen LogP contribution in [0.25, 0.3) is 0 Å². The molecule has 0 saturated carbocycles. The number of aldehydes is 1. The Bertz CT molecular complexity index is 278. The molecule has 0 aromatic rings. The summed E-state index contributed by atoms with van der Waals surface area (Å²) in [6.07, 6.45) is 13.5. The topological polar surface area (TPSA) is 17.1 Å². The van der Waals surface area contributed by atoms with Gasteiger partial charge in [0, 0.05) is 6.42 Å². The first-order valence-corrected chi connectivity index (χ1v) is 6.35. The lowest BCUT2D eigenvalue weighted by Gasteiger charge is -2.26. The first kappa shape index (κ1) is 13.2. The van der Waals surface area contributed by atoms with Gasteiger partial charge >= 0.3 is 0 Å². The maximum Gasteiger partial charge on any atom is 0.120 e. The van der Waals surface area contributed by atoms with Crippen LogP contribution >= 0.6 is 0 Å².